The summed E-state index contributed by atoms with van der Waals surface area (Å²) in [5, 5.41) is 6.77. The molecule has 0 saturated carbocycles. The number of nitrogens with zero attached hydrogens (tertiary/aromatic N) is 1. The number of benzene rings is 1. The Labute approximate surface area is 137 Å². The molecule has 1 aliphatic rings. The number of nitrogens with one attached hydrogen (secondary N) is 2. The Bertz CT molecular complexity index is 482. The Balaban J connectivity index is 0.00000220. The third-order valence-corrected chi connectivity index (χ3v) is 4.09. The first kappa shape index (κ1) is 18.2. The summed E-state index contributed by atoms with van der Waals surface area (Å²) >= 11 is 6.05. The van der Waals surface area contributed by atoms with E-state index in [9.17, 15) is 4.79 Å². The van der Waals surface area contributed by atoms with Crippen LogP contribution in [0.25, 0.3) is 0 Å². The largest absolute Gasteiger partial charge is 0.325 e. The van der Waals surface area contributed by atoms with E-state index in [1.807, 2.05) is 26.1 Å². The molecule has 1 aliphatic heterocycles. The van der Waals surface area contributed by atoms with Crippen LogP contribution in [0.3, 0.4) is 0 Å². The van der Waals surface area contributed by atoms with E-state index in [0.717, 1.165) is 37.3 Å². The van der Waals surface area contributed by atoms with Gasteiger partial charge in [-0.2, -0.15) is 0 Å². The lowest BCUT2D eigenvalue weighted by atomic mass is 10.1. The second-order valence-electron chi connectivity index (χ2n) is 5.46. The summed E-state index contributed by atoms with van der Waals surface area (Å²) in [5.74, 6) is 0.677. The van der Waals surface area contributed by atoms with Gasteiger partial charge in [0.15, 0.2) is 0 Å². The number of amides is 1. The number of halogens is 2. The lowest BCUT2D eigenvalue weighted by Crippen LogP contribution is -2.32. The quantitative estimate of drug-likeness (QED) is 0.871. The molecule has 1 heterocycles. The molecule has 0 spiro atoms. The third kappa shape index (κ3) is 5.47. The van der Waals surface area contributed by atoms with E-state index in [1.54, 1.807) is 6.07 Å². The van der Waals surface area contributed by atoms with E-state index in [4.69, 9.17) is 11.6 Å². The smallest absolute Gasteiger partial charge is 0.238 e. The Kier molecular flexibility index (Phi) is 7.46. The molecule has 4 nitrogen and oxygen atoms in total. The normalized spacial score (nSPS) is 18.3. The van der Waals surface area contributed by atoms with Gasteiger partial charge in [0.1, 0.15) is 0 Å². The first-order valence-corrected chi connectivity index (χ1v) is 7.39. The Hall–Kier alpha value is -0.810. The number of aryl methyl sites for hydroxylation is 1. The molecular weight excluding hydrogens is 309 g/mol. The van der Waals surface area contributed by atoms with Gasteiger partial charge in [-0.1, -0.05) is 17.7 Å². The van der Waals surface area contributed by atoms with Crippen molar-refractivity contribution in [3.8, 4) is 0 Å². The molecule has 1 aromatic carbocycles. The first-order chi connectivity index (χ1) is 9.58. The fraction of sp³-hybridized carbons (Fsp3) is 0.533. The summed E-state index contributed by atoms with van der Waals surface area (Å²) in [6.07, 6.45) is 1.16. The van der Waals surface area contributed by atoms with Gasteiger partial charge in [0, 0.05) is 17.3 Å². The van der Waals surface area contributed by atoms with Gasteiger partial charge in [0.05, 0.1) is 6.54 Å². The zero-order valence-electron chi connectivity index (χ0n) is 12.5. The predicted molar refractivity (Wildman–Crippen MR) is 90.5 cm³/mol. The van der Waals surface area contributed by atoms with Crippen molar-refractivity contribution in [1.29, 1.82) is 0 Å². The summed E-state index contributed by atoms with van der Waals surface area (Å²) in [4.78, 5) is 14.2. The first-order valence-electron chi connectivity index (χ1n) is 7.01. The molecule has 0 aliphatic carbocycles. The molecule has 0 aromatic heterocycles. The van der Waals surface area contributed by atoms with Crippen LogP contribution < -0.4 is 10.6 Å². The van der Waals surface area contributed by atoms with Crippen LogP contribution in [-0.4, -0.2) is 44.0 Å². The number of carbonyl (C=O) groups excluding carboxylic acids is 1. The topological polar surface area (TPSA) is 44.4 Å². The zero-order valence-corrected chi connectivity index (χ0v) is 14.1. The van der Waals surface area contributed by atoms with Crippen molar-refractivity contribution in [2.45, 2.75) is 13.3 Å². The molecule has 118 valence electrons. The number of likely N-dealkylation sites (tertiary alicyclic amines) is 1. The SMILES string of the molecule is CNCC1CCN(CC(=O)Nc2ccc(C)c(Cl)c2)C1.Cl. The highest BCUT2D eigenvalue weighted by Gasteiger charge is 2.23. The average Bonchev–Trinajstić information content (AvgIpc) is 2.81. The van der Waals surface area contributed by atoms with Gasteiger partial charge in [-0.15, -0.1) is 12.4 Å². The van der Waals surface area contributed by atoms with Crippen molar-refractivity contribution < 1.29 is 4.79 Å². The van der Waals surface area contributed by atoms with Crippen LogP contribution >= 0.6 is 24.0 Å². The molecule has 1 amide bonds. The second kappa shape index (κ2) is 8.59. The summed E-state index contributed by atoms with van der Waals surface area (Å²) in [5.41, 5.74) is 1.77. The highest BCUT2D eigenvalue weighted by atomic mass is 35.5. The Morgan fingerprint density at radius 3 is 2.90 bits per heavy atom. The summed E-state index contributed by atoms with van der Waals surface area (Å²) in [7, 11) is 1.97. The van der Waals surface area contributed by atoms with Crippen molar-refractivity contribution in [3.63, 3.8) is 0 Å². The maximum atomic E-state index is 12.0. The van der Waals surface area contributed by atoms with Gasteiger partial charge in [0.25, 0.3) is 0 Å². The van der Waals surface area contributed by atoms with E-state index in [0.29, 0.717) is 17.5 Å². The summed E-state index contributed by atoms with van der Waals surface area (Å²) in [6, 6.07) is 5.59. The highest BCUT2D eigenvalue weighted by Crippen LogP contribution is 2.20. The van der Waals surface area contributed by atoms with Crippen LogP contribution in [0.4, 0.5) is 5.69 Å². The molecule has 0 bridgehead atoms. The lowest BCUT2D eigenvalue weighted by molar-refractivity contribution is -0.117. The number of hydrogen-bond donors (Lipinski definition) is 2. The van der Waals surface area contributed by atoms with Crippen molar-refractivity contribution in [3.05, 3.63) is 28.8 Å². The Morgan fingerprint density at radius 2 is 2.24 bits per heavy atom. The molecule has 1 unspecified atom stereocenters. The molecule has 6 heteroatoms. The van der Waals surface area contributed by atoms with Crippen molar-refractivity contribution >= 4 is 35.6 Å². The molecule has 1 saturated heterocycles. The molecule has 2 N–H and O–H groups in total. The van der Waals surface area contributed by atoms with Crippen LogP contribution in [0.15, 0.2) is 18.2 Å². The molecule has 1 aromatic rings. The van der Waals surface area contributed by atoms with Gasteiger partial charge in [-0.25, -0.2) is 0 Å². The minimum atomic E-state index is 0. The maximum absolute atomic E-state index is 12.0. The van der Waals surface area contributed by atoms with Crippen LogP contribution in [0, 0.1) is 12.8 Å². The van der Waals surface area contributed by atoms with Crippen molar-refractivity contribution in [2.75, 3.05) is 38.5 Å². The summed E-state index contributed by atoms with van der Waals surface area (Å²) < 4.78 is 0. The second-order valence-corrected chi connectivity index (χ2v) is 5.87. The zero-order chi connectivity index (χ0) is 14.5. The monoisotopic (exact) mass is 331 g/mol. The molecule has 0 radical (unpaired) electrons. The fourth-order valence-corrected chi connectivity index (χ4v) is 2.77. The lowest BCUT2D eigenvalue weighted by Gasteiger charge is -2.16. The average molecular weight is 332 g/mol. The minimum absolute atomic E-state index is 0. The third-order valence-electron chi connectivity index (χ3n) is 3.69. The van der Waals surface area contributed by atoms with Gasteiger partial charge in [-0.3, -0.25) is 9.69 Å². The van der Waals surface area contributed by atoms with Crippen LogP contribution in [-0.2, 0) is 4.79 Å². The van der Waals surface area contributed by atoms with Crippen LogP contribution in [0.2, 0.25) is 5.02 Å². The number of carbonyl (C=O) groups is 1. The van der Waals surface area contributed by atoms with Crippen LogP contribution in [0.5, 0.6) is 0 Å². The molecular formula is C15H23Cl2N3O. The number of rotatable bonds is 5. The van der Waals surface area contributed by atoms with Gasteiger partial charge >= 0.3 is 0 Å². The van der Waals surface area contributed by atoms with Crippen LogP contribution in [0.1, 0.15) is 12.0 Å². The minimum Gasteiger partial charge on any atom is -0.325 e. The van der Waals surface area contributed by atoms with Gasteiger partial charge in [0.2, 0.25) is 5.91 Å². The van der Waals surface area contributed by atoms with Crippen molar-refractivity contribution in [1.82, 2.24) is 10.2 Å². The molecule has 2 rings (SSSR count). The fourth-order valence-electron chi connectivity index (χ4n) is 2.59. The maximum Gasteiger partial charge on any atom is 0.238 e. The molecule has 1 fully saturated rings. The van der Waals surface area contributed by atoms with E-state index >= 15 is 0 Å². The van der Waals surface area contributed by atoms with Crippen molar-refractivity contribution in [2.24, 2.45) is 5.92 Å². The summed E-state index contributed by atoms with van der Waals surface area (Å²) in [6.45, 7) is 5.40. The van der Waals surface area contributed by atoms with E-state index < -0.39 is 0 Å². The highest BCUT2D eigenvalue weighted by molar-refractivity contribution is 6.31. The van der Waals surface area contributed by atoms with E-state index in [2.05, 4.69) is 15.5 Å². The van der Waals surface area contributed by atoms with Gasteiger partial charge < -0.3 is 10.6 Å². The molecule has 1 atom stereocenters. The van der Waals surface area contributed by atoms with Gasteiger partial charge in [-0.05, 0) is 57.1 Å². The number of hydrogen-bond acceptors (Lipinski definition) is 3. The van der Waals surface area contributed by atoms with E-state index in [1.165, 1.54) is 0 Å². The predicted octanol–water partition coefficient (Wildman–Crippen LogP) is 2.55. The van der Waals surface area contributed by atoms with E-state index in [-0.39, 0.29) is 18.3 Å². The molecule has 21 heavy (non-hydrogen) atoms. The Morgan fingerprint density at radius 1 is 1.48 bits per heavy atom. The number of anilines is 1. The standard InChI is InChI=1S/C15H22ClN3O.ClH/c1-11-3-4-13(7-14(11)16)18-15(20)10-19-6-5-12(9-19)8-17-2;/h3-4,7,12,17H,5-6,8-10H2,1-2H3,(H,18,20);1H.